The molecule has 0 aromatic heterocycles. The SMILES string of the molecule is CSCC(=O)NCCCC1CCCC1. The monoisotopic (exact) mass is 215 g/mol. The van der Waals surface area contributed by atoms with Crippen molar-refractivity contribution in [3.8, 4) is 0 Å². The van der Waals surface area contributed by atoms with E-state index in [1.165, 1.54) is 32.1 Å². The van der Waals surface area contributed by atoms with Crippen LogP contribution in [-0.2, 0) is 4.79 Å². The number of hydrogen-bond donors (Lipinski definition) is 1. The van der Waals surface area contributed by atoms with E-state index in [9.17, 15) is 4.79 Å². The molecule has 1 rings (SSSR count). The molecule has 14 heavy (non-hydrogen) atoms. The second kappa shape index (κ2) is 7.16. The highest BCUT2D eigenvalue weighted by molar-refractivity contribution is 7.99. The Balaban J connectivity index is 1.90. The Bertz CT molecular complexity index is 167. The maximum atomic E-state index is 11.1. The molecule has 0 spiro atoms. The third-order valence-corrected chi connectivity index (χ3v) is 3.41. The fourth-order valence-corrected chi connectivity index (χ4v) is 2.46. The van der Waals surface area contributed by atoms with Crippen molar-refractivity contribution in [1.82, 2.24) is 5.32 Å². The van der Waals surface area contributed by atoms with Crippen LogP contribution in [0.2, 0.25) is 0 Å². The average molecular weight is 215 g/mol. The lowest BCUT2D eigenvalue weighted by molar-refractivity contribution is -0.118. The summed E-state index contributed by atoms with van der Waals surface area (Å²) in [6.07, 6.45) is 10.1. The van der Waals surface area contributed by atoms with Crippen LogP contribution < -0.4 is 5.32 Å². The highest BCUT2D eigenvalue weighted by atomic mass is 32.2. The van der Waals surface area contributed by atoms with Crippen molar-refractivity contribution in [3.63, 3.8) is 0 Å². The van der Waals surface area contributed by atoms with Crippen LogP contribution in [0.25, 0.3) is 0 Å². The van der Waals surface area contributed by atoms with Crippen LogP contribution in [-0.4, -0.2) is 24.5 Å². The van der Waals surface area contributed by atoms with E-state index in [0.717, 1.165) is 18.9 Å². The third-order valence-electron chi connectivity index (χ3n) is 2.86. The van der Waals surface area contributed by atoms with Gasteiger partial charge in [0.15, 0.2) is 0 Å². The van der Waals surface area contributed by atoms with Gasteiger partial charge in [-0.3, -0.25) is 4.79 Å². The average Bonchev–Trinajstić information content (AvgIpc) is 2.65. The number of hydrogen-bond acceptors (Lipinski definition) is 2. The van der Waals surface area contributed by atoms with Crippen LogP contribution >= 0.6 is 11.8 Å². The predicted octanol–water partition coefficient (Wildman–Crippen LogP) is 2.44. The lowest BCUT2D eigenvalue weighted by Crippen LogP contribution is -2.26. The van der Waals surface area contributed by atoms with Gasteiger partial charge in [0.05, 0.1) is 5.75 Å². The zero-order valence-electron chi connectivity index (χ0n) is 9.05. The van der Waals surface area contributed by atoms with Gasteiger partial charge in [0.2, 0.25) is 5.91 Å². The maximum absolute atomic E-state index is 11.1. The smallest absolute Gasteiger partial charge is 0.229 e. The first-order chi connectivity index (χ1) is 6.83. The van der Waals surface area contributed by atoms with Crippen molar-refractivity contribution in [3.05, 3.63) is 0 Å². The van der Waals surface area contributed by atoms with Gasteiger partial charge < -0.3 is 5.32 Å². The Morgan fingerprint density at radius 1 is 1.43 bits per heavy atom. The molecule has 2 nitrogen and oxygen atoms in total. The van der Waals surface area contributed by atoms with E-state index in [1.807, 2.05) is 6.26 Å². The quantitative estimate of drug-likeness (QED) is 0.690. The van der Waals surface area contributed by atoms with E-state index in [1.54, 1.807) is 11.8 Å². The molecule has 0 heterocycles. The molecule has 0 radical (unpaired) electrons. The summed E-state index contributed by atoms with van der Waals surface area (Å²) < 4.78 is 0. The largest absolute Gasteiger partial charge is 0.355 e. The van der Waals surface area contributed by atoms with Crippen molar-refractivity contribution in [2.24, 2.45) is 5.92 Å². The van der Waals surface area contributed by atoms with Crippen LogP contribution in [0.4, 0.5) is 0 Å². The normalized spacial score (nSPS) is 17.2. The molecular weight excluding hydrogens is 194 g/mol. The Morgan fingerprint density at radius 2 is 2.14 bits per heavy atom. The van der Waals surface area contributed by atoms with E-state index in [2.05, 4.69) is 5.32 Å². The third kappa shape index (κ3) is 4.89. The summed E-state index contributed by atoms with van der Waals surface area (Å²) in [6, 6.07) is 0. The molecule has 0 saturated heterocycles. The van der Waals surface area contributed by atoms with E-state index in [-0.39, 0.29) is 5.91 Å². The van der Waals surface area contributed by atoms with Crippen molar-refractivity contribution in [1.29, 1.82) is 0 Å². The van der Waals surface area contributed by atoms with Crippen LogP contribution in [0.5, 0.6) is 0 Å². The summed E-state index contributed by atoms with van der Waals surface area (Å²) >= 11 is 1.58. The Kier molecular flexibility index (Phi) is 6.08. The van der Waals surface area contributed by atoms with Crippen molar-refractivity contribution >= 4 is 17.7 Å². The van der Waals surface area contributed by atoms with Gasteiger partial charge in [-0.1, -0.05) is 25.7 Å². The van der Waals surface area contributed by atoms with Gasteiger partial charge in [0.1, 0.15) is 0 Å². The van der Waals surface area contributed by atoms with Gasteiger partial charge in [-0.05, 0) is 25.0 Å². The van der Waals surface area contributed by atoms with Gasteiger partial charge >= 0.3 is 0 Å². The van der Waals surface area contributed by atoms with Gasteiger partial charge in [-0.15, -0.1) is 0 Å². The molecule has 1 amide bonds. The van der Waals surface area contributed by atoms with Crippen LogP contribution in [0.15, 0.2) is 0 Å². The summed E-state index contributed by atoms with van der Waals surface area (Å²) in [6.45, 7) is 0.871. The fourth-order valence-electron chi connectivity index (χ4n) is 2.10. The molecule has 1 aliphatic rings. The molecular formula is C11H21NOS. The Labute approximate surface area is 91.2 Å². The summed E-state index contributed by atoms with van der Waals surface area (Å²) in [5, 5.41) is 2.95. The highest BCUT2D eigenvalue weighted by Gasteiger charge is 2.13. The van der Waals surface area contributed by atoms with Crippen molar-refractivity contribution < 1.29 is 4.79 Å². The van der Waals surface area contributed by atoms with Gasteiger partial charge in [0, 0.05) is 6.54 Å². The molecule has 1 fully saturated rings. The van der Waals surface area contributed by atoms with Crippen molar-refractivity contribution in [2.45, 2.75) is 38.5 Å². The van der Waals surface area contributed by atoms with Gasteiger partial charge in [-0.25, -0.2) is 0 Å². The molecule has 82 valence electrons. The molecule has 0 aromatic carbocycles. The van der Waals surface area contributed by atoms with E-state index in [4.69, 9.17) is 0 Å². The summed E-state index contributed by atoms with van der Waals surface area (Å²) in [5.74, 6) is 1.74. The lowest BCUT2D eigenvalue weighted by atomic mass is 10.0. The summed E-state index contributed by atoms with van der Waals surface area (Å²) in [7, 11) is 0. The standard InChI is InChI=1S/C11H21NOS/c1-14-9-11(13)12-8-4-7-10-5-2-3-6-10/h10H,2-9H2,1H3,(H,12,13). The highest BCUT2D eigenvalue weighted by Crippen LogP contribution is 2.28. The summed E-state index contributed by atoms with van der Waals surface area (Å²) in [4.78, 5) is 11.1. The van der Waals surface area contributed by atoms with Crippen molar-refractivity contribution in [2.75, 3.05) is 18.6 Å². The zero-order valence-corrected chi connectivity index (χ0v) is 9.87. The molecule has 0 aromatic rings. The van der Waals surface area contributed by atoms with E-state index < -0.39 is 0 Å². The maximum Gasteiger partial charge on any atom is 0.229 e. The number of rotatable bonds is 6. The molecule has 0 bridgehead atoms. The number of carbonyl (C=O) groups excluding carboxylic acids is 1. The first-order valence-electron chi connectivity index (χ1n) is 5.58. The minimum atomic E-state index is 0.184. The molecule has 3 heteroatoms. The molecule has 0 unspecified atom stereocenters. The summed E-state index contributed by atoms with van der Waals surface area (Å²) in [5.41, 5.74) is 0. The second-order valence-corrected chi connectivity index (χ2v) is 4.94. The first kappa shape index (κ1) is 11.9. The topological polar surface area (TPSA) is 29.1 Å². The minimum absolute atomic E-state index is 0.184. The fraction of sp³-hybridized carbons (Fsp3) is 0.909. The molecule has 1 N–H and O–H groups in total. The van der Waals surface area contributed by atoms with Crippen LogP contribution in [0.3, 0.4) is 0 Å². The minimum Gasteiger partial charge on any atom is -0.355 e. The molecule has 0 aliphatic heterocycles. The number of carbonyl (C=O) groups is 1. The lowest BCUT2D eigenvalue weighted by Gasteiger charge is -2.08. The van der Waals surface area contributed by atoms with Gasteiger partial charge in [0.25, 0.3) is 0 Å². The molecule has 1 aliphatic carbocycles. The first-order valence-corrected chi connectivity index (χ1v) is 6.98. The van der Waals surface area contributed by atoms with E-state index >= 15 is 0 Å². The van der Waals surface area contributed by atoms with Crippen LogP contribution in [0.1, 0.15) is 38.5 Å². The zero-order chi connectivity index (χ0) is 10.2. The number of amides is 1. The van der Waals surface area contributed by atoms with E-state index in [0.29, 0.717) is 5.75 Å². The molecule has 1 saturated carbocycles. The Hall–Kier alpha value is -0.180. The van der Waals surface area contributed by atoms with Gasteiger partial charge in [-0.2, -0.15) is 11.8 Å². The number of thioether (sulfide) groups is 1. The predicted molar refractivity (Wildman–Crippen MR) is 62.6 cm³/mol. The molecule has 0 atom stereocenters. The number of nitrogens with one attached hydrogen (secondary N) is 1. The van der Waals surface area contributed by atoms with Crippen LogP contribution in [0, 0.1) is 5.92 Å². The Morgan fingerprint density at radius 3 is 2.79 bits per heavy atom. The second-order valence-electron chi connectivity index (χ2n) is 4.08.